The van der Waals surface area contributed by atoms with Crippen LogP contribution in [0, 0.1) is 0 Å². The van der Waals surface area contributed by atoms with Crippen LogP contribution in [0.2, 0.25) is 0 Å². The zero-order chi connectivity index (χ0) is 6.69. The molecule has 0 aromatic heterocycles. The summed E-state index contributed by atoms with van der Waals surface area (Å²) in [5, 5.41) is 0. The minimum atomic E-state index is -0.229. The second kappa shape index (κ2) is 2.76. The summed E-state index contributed by atoms with van der Waals surface area (Å²) in [5.41, 5.74) is 1.25. The topological polar surface area (TPSA) is 12.4 Å². The second-order valence-electron chi connectivity index (χ2n) is 2.15. The van der Waals surface area contributed by atoms with Crippen LogP contribution in [-0.4, -0.2) is 5.97 Å². The maximum Gasteiger partial charge on any atom is 0.189 e. The van der Waals surface area contributed by atoms with E-state index in [4.69, 9.17) is 0 Å². The van der Waals surface area contributed by atoms with Crippen LogP contribution in [0.5, 0.6) is 0 Å². The number of aliphatic imine (C=N–C) groups is 1. The van der Waals surface area contributed by atoms with E-state index in [2.05, 4.69) is 11.9 Å². The van der Waals surface area contributed by atoms with Gasteiger partial charge in [-0.1, -0.05) is 12.5 Å². The number of hydrogen-bond acceptors (Lipinski definition) is 1. The molecule has 0 bridgehead atoms. The van der Waals surface area contributed by atoms with Gasteiger partial charge >= 0.3 is 0 Å². The van der Waals surface area contributed by atoms with Crippen LogP contribution in [0.25, 0.3) is 0 Å². The standard InChI is InChI=1S/C7H10FN/c1-2-6-3-4-7(8)9-5-6/h5H,2-4H2,1H3. The van der Waals surface area contributed by atoms with Crippen molar-refractivity contribution in [2.24, 2.45) is 4.99 Å². The lowest BCUT2D eigenvalue weighted by Gasteiger charge is -2.05. The third kappa shape index (κ3) is 1.63. The molecule has 0 amide bonds. The molecule has 0 aromatic rings. The number of halogens is 1. The molecule has 0 atom stereocenters. The monoisotopic (exact) mass is 127 g/mol. The van der Waals surface area contributed by atoms with E-state index < -0.39 is 0 Å². The van der Waals surface area contributed by atoms with Gasteiger partial charge < -0.3 is 0 Å². The highest BCUT2D eigenvalue weighted by Gasteiger charge is 2.03. The fourth-order valence-electron chi connectivity index (χ4n) is 0.822. The van der Waals surface area contributed by atoms with Crippen molar-refractivity contribution in [1.82, 2.24) is 0 Å². The van der Waals surface area contributed by atoms with E-state index in [1.54, 1.807) is 6.20 Å². The number of allylic oxidation sites excluding steroid dienone is 1. The van der Waals surface area contributed by atoms with Crippen LogP contribution in [0.15, 0.2) is 16.8 Å². The maximum absolute atomic E-state index is 12.2. The zero-order valence-corrected chi connectivity index (χ0v) is 5.52. The summed E-state index contributed by atoms with van der Waals surface area (Å²) in [6, 6.07) is 0. The summed E-state index contributed by atoms with van der Waals surface area (Å²) in [6.07, 6.45) is 3.99. The Morgan fingerprint density at radius 3 is 2.89 bits per heavy atom. The Bertz CT molecular complexity index is 158. The molecule has 0 unspecified atom stereocenters. The van der Waals surface area contributed by atoms with E-state index in [-0.39, 0.29) is 5.97 Å². The van der Waals surface area contributed by atoms with Crippen molar-refractivity contribution in [1.29, 1.82) is 0 Å². The molecule has 0 radical (unpaired) electrons. The first-order valence-corrected chi connectivity index (χ1v) is 3.23. The smallest absolute Gasteiger partial charge is 0.189 e. The van der Waals surface area contributed by atoms with Gasteiger partial charge in [0, 0.05) is 12.6 Å². The van der Waals surface area contributed by atoms with E-state index in [0.717, 1.165) is 12.8 Å². The quantitative estimate of drug-likeness (QED) is 0.513. The molecule has 0 N–H and O–H groups in total. The summed E-state index contributed by atoms with van der Waals surface area (Å²) in [4.78, 5) is 3.57. The van der Waals surface area contributed by atoms with Crippen molar-refractivity contribution in [2.75, 3.05) is 0 Å². The lowest BCUT2D eigenvalue weighted by Crippen LogP contribution is -1.95. The number of nitrogens with zero attached hydrogens (tertiary/aromatic N) is 1. The van der Waals surface area contributed by atoms with Crippen LogP contribution in [-0.2, 0) is 0 Å². The van der Waals surface area contributed by atoms with Crippen molar-refractivity contribution < 1.29 is 4.39 Å². The molecular weight excluding hydrogens is 117 g/mol. The molecular formula is C7H10FN. The van der Waals surface area contributed by atoms with Gasteiger partial charge in [-0.2, -0.15) is 4.39 Å². The SMILES string of the molecule is CCC1=CN=C(F)CC1. The van der Waals surface area contributed by atoms with Gasteiger partial charge in [0.15, 0.2) is 5.97 Å². The fourth-order valence-corrected chi connectivity index (χ4v) is 0.822. The van der Waals surface area contributed by atoms with Crippen LogP contribution in [0.1, 0.15) is 26.2 Å². The highest BCUT2D eigenvalue weighted by molar-refractivity contribution is 5.76. The molecule has 0 saturated carbocycles. The van der Waals surface area contributed by atoms with Gasteiger partial charge in [0.1, 0.15) is 0 Å². The van der Waals surface area contributed by atoms with Gasteiger partial charge in [-0.15, -0.1) is 0 Å². The second-order valence-corrected chi connectivity index (χ2v) is 2.15. The Morgan fingerprint density at radius 1 is 1.67 bits per heavy atom. The van der Waals surface area contributed by atoms with Crippen molar-refractivity contribution in [3.63, 3.8) is 0 Å². The first kappa shape index (κ1) is 6.46. The molecule has 50 valence electrons. The Labute approximate surface area is 54.3 Å². The number of hydrogen-bond donors (Lipinski definition) is 0. The van der Waals surface area contributed by atoms with E-state index in [1.165, 1.54) is 5.57 Å². The van der Waals surface area contributed by atoms with Crippen LogP contribution in [0.3, 0.4) is 0 Å². The molecule has 1 aliphatic heterocycles. The van der Waals surface area contributed by atoms with E-state index in [1.807, 2.05) is 0 Å². The zero-order valence-electron chi connectivity index (χ0n) is 5.52. The highest BCUT2D eigenvalue weighted by Crippen LogP contribution is 2.15. The van der Waals surface area contributed by atoms with Crippen LogP contribution in [0.4, 0.5) is 4.39 Å². The molecule has 1 heterocycles. The minimum Gasteiger partial charge on any atom is -0.232 e. The Morgan fingerprint density at radius 2 is 2.44 bits per heavy atom. The van der Waals surface area contributed by atoms with Crippen LogP contribution >= 0.6 is 0 Å². The first-order chi connectivity index (χ1) is 4.33. The summed E-state index contributed by atoms with van der Waals surface area (Å²) >= 11 is 0. The molecule has 2 heteroatoms. The average Bonchev–Trinajstić information content (AvgIpc) is 1.90. The Hall–Kier alpha value is -0.660. The molecule has 1 aliphatic rings. The Kier molecular flexibility index (Phi) is 1.98. The normalized spacial score (nSPS) is 18.9. The van der Waals surface area contributed by atoms with Crippen molar-refractivity contribution in [2.45, 2.75) is 26.2 Å². The van der Waals surface area contributed by atoms with E-state index >= 15 is 0 Å². The van der Waals surface area contributed by atoms with Gasteiger partial charge in [0.2, 0.25) is 0 Å². The van der Waals surface area contributed by atoms with E-state index in [9.17, 15) is 4.39 Å². The Balaban J connectivity index is 2.59. The molecule has 0 aromatic carbocycles. The fraction of sp³-hybridized carbons (Fsp3) is 0.571. The average molecular weight is 127 g/mol. The largest absolute Gasteiger partial charge is 0.232 e. The van der Waals surface area contributed by atoms with Crippen molar-refractivity contribution >= 4 is 5.97 Å². The van der Waals surface area contributed by atoms with E-state index in [0.29, 0.717) is 6.42 Å². The highest BCUT2D eigenvalue weighted by atomic mass is 19.1. The first-order valence-electron chi connectivity index (χ1n) is 3.23. The molecule has 0 saturated heterocycles. The summed E-state index contributed by atoms with van der Waals surface area (Å²) in [5.74, 6) is -0.229. The third-order valence-corrected chi connectivity index (χ3v) is 1.49. The molecule has 1 nitrogen and oxygen atoms in total. The molecule has 9 heavy (non-hydrogen) atoms. The lowest BCUT2D eigenvalue weighted by atomic mass is 10.1. The third-order valence-electron chi connectivity index (χ3n) is 1.49. The molecule has 0 spiro atoms. The van der Waals surface area contributed by atoms with Crippen molar-refractivity contribution in [3.8, 4) is 0 Å². The van der Waals surface area contributed by atoms with Gasteiger partial charge in [0.25, 0.3) is 0 Å². The minimum absolute atomic E-state index is 0.229. The van der Waals surface area contributed by atoms with Gasteiger partial charge in [-0.25, -0.2) is 4.99 Å². The summed E-state index contributed by atoms with van der Waals surface area (Å²) < 4.78 is 12.2. The predicted molar refractivity (Wildman–Crippen MR) is 36.2 cm³/mol. The maximum atomic E-state index is 12.2. The van der Waals surface area contributed by atoms with Gasteiger partial charge in [0.05, 0.1) is 0 Å². The van der Waals surface area contributed by atoms with Gasteiger partial charge in [-0.3, -0.25) is 0 Å². The lowest BCUT2D eigenvalue weighted by molar-refractivity contribution is 0.733. The predicted octanol–water partition coefficient (Wildman–Crippen LogP) is 2.44. The van der Waals surface area contributed by atoms with Crippen LogP contribution < -0.4 is 0 Å². The summed E-state index contributed by atoms with van der Waals surface area (Å²) in [6.45, 7) is 2.06. The molecule has 0 fully saturated rings. The number of rotatable bonds is 1. The molecule has 0 aliphatic carbocycles. The molecule has 1 rings (SSSR count). The summed E-state index contributed by atoms with van der Waals surface area (Å²) in [7, 11) is 0. The van der Waals surface area contributed by atoms with Crippen molar-refractivity contribution in [3.05, 3.63) is 11.8 Å². The van der Waals surface area contributed by atoms with Gasteiger partial charge in [-0.05, 0) is 12.8 Å².